The summed E-state index contributed by atoms with van der Waals surface area (Å²) in [6, 6.07) is -4.13. The Morgan fingerprint density at radius 1 is 0.926 bits per heavy atom. The average molecular weight is 389 g/mol. The lowest BCUT2D eigenvalue weighted by Gasteiger charge is -2.21. The third-order valence-corrected chi connectivity index (χ3v) is 3.26. The fourth-order valence-corrected chi connectivity index (χ4v) is 1.86. The Labute approximate surface area is 153 Å². The summed E-state index contributed by atoms with van der Waals surface area (Å²) < 4.78 is 0. The van der Waals surface area contributed by atoms with Gasteiger partial charge in [0.25, 0.3) is 0 Å². The summed E-state index contributed by atoms with van der Waals surface area (Å²) in [5.41, 5.74) is 10.0. The van der Waals surface area contributed by atoms with Gasteiger partial charge in [0, 0.05) is 6.42 Å². The lowest BCUT2D eigenvalue weighted by atomic mass is 10.1. The summed E-state index contributed by atoms with van der Waals surface area (Å²) in [7, 11) is 0. The van der Waals surface area contributed by atoms with Gasteiger partial charge in [-0.1, -0.05) is 0 Å². The van der Waals surface area contributed by atoms with E-state index < -0.39 is 66.7 Å². The molecular formula is C14H23N5O8. The van der Waals surface area contributed by atoms with Crippen molar-refractivity contribution in [3.63, 3.8) is 0 Å². The number of hydrogen-bond acceptors (Lipinski definition) is 7. The number of aliphatic carboxylic acids is 2. The Kier molecular flexibility index (Phi) is 10.0. The molecule has 27 heavy (non-hydrogen) atoms. The van der Waals surface area contributed by atoms with Crippen molar-refractivity contribution in [1.29, 1.82) is 0 Å². The Morgan fingerprint density at radius 2 is 1.52 bits per heavy atom. The van der Waals surface area contributed by atoms with E-state index in [9.17, 15) is 28.8 Å². The summed E-state index contributed by atoms with van der Waals surface area (Å²) in [5, 5.41) is 24.2. The van der Waals surface area contributed by atoms with Crippen LogP contribution in [0.3, 0.4) is 0 Å². The monoisotopic (exact) mass is 389 g/mol. The molecule has 3 atom stereocenters. The zero-order valence-electron chi connectivity index (χ0n) is 14.6. The highest BCUT2D eigenvalue weighted by Gasteiger charge is 2.28. The summed E-state index contributed by atoms with van der Waals surface area (Å²) in [6.45, 7) is 0.752. The first-order chi connectivity index (χ1) is 12.5. The SMILES string of the molecule is CC(NC(=O)C(CC(=O)O)NC(=O)CN)C(=O)NC(CCC(N)=O)C(=O)O. The van der Waals surface area contributed by atoms with Crippen LogP contribution in [0, 0.1) is 0 Å². The van der Waals surface area contributed by atoms with Crippen molar-refractivity contribution < 1.29 is 39.0 Å². The minimum atomic E-state index is -1.47. The average Bonchev–Trinajstić information content (AvgIpc) is 2.56. The van der Waals surface area contributed by atoms with Gasteiger partial charge in [0.15, 0.2) is 0 Å². The molecule has 4 amide bonds. The third kappa shape index (κ3) is 9.74. The molecule has 3 unspecified atom stereocenters. The molecule has 0 fully saturated rings. The van der Waals surface area contributed by atoms with E-state index in [0.29, 0.717) is 0 Å². The number of rotatable bonds is 12. The van der Waals surface area contributed by atoms with Gasteiger partial charge in [-0.05, 0) is 13.3 Å². The van der Waals surface area contributed by atoms with Crippen molar-refractivity contribution in [2.45, 2.75) is 44.3 Å². The highest BCUT2D eigenvalue weighted by Crippen LogP contribution is 2.00. The number of carboxylic acids is 2. The molecule has 0 saturated heterocycles. The number of hydrogen-bond donors (Lipinski definition) is 7. The number of nitrogens with one attached hydrogen (secondary N) is 3. The Bertz CT molecular complexity index is 608. The second-order valence-electron chi connectivity index (χ2n) is 5.56. The molecule has 0 aliphatic carbocycles. The summed E-state index contributed by atoms with van der Waals surface area (Å²) >= 11 is 0. The van der Waals surface area contributed by atoms with E-state index >= 15 is 0 Å². The van der Waals surface area contributed by atoms with Crippen molar-refractivity contribution in [2.24, 2.45) is 11.5 Å². The predicted molar refractivity (Wildman–Crippen MR) is 88.8 cm³/mol. The van der Waals surface area contributed by atoms with E-state index in [4.69, 9.17) is 21.7 Å². The van der Waals surface area contributed by atoms with Gasteiger partial charge in [0.2, 0.25) is 23.6 Å². The lowest BCUT2D eigenvalue weighted by molar-refractivity contribution is -0.143. The maximum Gasteiger partial charge on any atom is 0.326 e. The summed E-state index contributed by atoms with van der Waals surface area (Å²) in [4.78, 5) is 68.0. The lowest BCUT2D eigenvalue weighted by Crippen LogP contribution is -2.55. The van der Waals surface area contributed by atoms with Gasteiger partial charge in [-0.3, -0.25) is 24.0 Å². The van der Waals surface area contributed by atoms with Gasteiger partial charge in [0.05, 0.1) is 13.0 Å². The Morgan fingerprint density at radius 3 is 1.96 bits per heavy atom. The van der Waals surface area contributed by atoms with Crippen LogP contribution in [-0.4, -0.2) is 70.5 Å². The molecule has 152 valence electrons. The Balaban J connectivity index is 4.90. The fraction of sp³-hybridized carbons (Fsp3) is 0.571. The maximum absolute atomic E-state index is 12.1. The normalized spacial score (nSPS) is 13.6. The first-order valence-corrected chi connectivity index (χ1v) is 7.81. The molecule has 13 heteroatoms. The second-order valence-corrected chi connectivity index (χ2v) is 5.56. The number of primary amides is 1. The Hall–Kier alpha value is -3.22. The van der Waals surface area contributed by atoms with Gasteiger partial charge in [-0.2, -0.15) is 0 Å². The highest BCUT2D eigenvalue weighted by atomic mass is 16.4. The number of carboxylic acid groups (broad SMARTS) is 2. The van der Waals surface area contributed by atoms with E-state index in [0.717, 1.165) is 0 Å². The summed E-state index contributed by atoms with van der Waals surface area (Å²) in [5.74, 6) is -6.15. The van der Waals surface area contributed by atoms with Crippen LogP contribution in [0.2, 0.25) is 0 Å². The van der Waals surface area contributed by atoms with Crippen LogP contribution in [-0.2, 0) is 28.8 Å². The zero-order valence-corrected chi connectivity index (χ0v) is 14.6. The van der Waals surface area contributed by atoms with Crippen molar-refractivity contribution in [3.05, 3.63) is 0 Å². The van der Waals surface area contributed by atoms with Crippen LogP contribution >= 0.6 is 0 Å². The number of nitrogens with two attached hydrogens (primary N) is 2. The molecule has 13 nitrogen and oxygen atoms in total. The third-order valence-electron chi connectivity index (χ3n) is 3.26. The molecule has 0 radical (unpaired) electrons. The van der Waals surface area contributed by atoms with E-state index in [2.05, 4.69) is 16.0 Å². The molecule has 0 rings (SSSR count). The topological polar surface area (TPSA) is 231 Å². The molecule has 0 spiro atoms. The summed E-state index contributed by atoms with van der Waals surface area (Å²) in [6.07, 6.45) is -1.27. The van der Waals surface area contributed by atoms with Gasteiger partial charge < -0.3 is 37.6 Å². The van der Waals surface area contributed by atoms with Crippen molar-refractivity contribution in [3.8, 4) is 0 Å². The van der Waals surface area contributed by atoms with Gasteiger partial charge in [0.1, 0.15) is 18.1 Å². The van der Waals surface area contributed by atoms with Crippen LogP contribution in [0.4, 0.5) is 0 Å². The number of amides is 4. The van der Waals surface area contributed by atoms with Gasteiger partial charge in [-0.15, -0.1) is 0 Å². The fourth-order valence-electron chi connectivity index (χ4n) is 1.86. The molecule has 0 aromatic rings. The highest BCUT2D eigenvalue weighted by molar-refractivity contribution is 5.95. The second kappa shape index (κ2) is 11.4. The van der Waals surface area contributed by atoms with Crippen LogP contribution in [0.1, 0.15) is 26.2 Å². The molecule has 0 heterocycles. The first kappa shape index (κ1) is 23.8. The van der Waals surface area contributed by atoms with E-state index in [1.165, 1.54) is 6.92 Å². The molecule has 0 saturated carbocycles. The first-order valence-electron chi connectivity index (χ1n) is 7.81. The number of carbonyl (C=O) groups excluding carboxylic acids is 4. The minimum Gasteiger partial charge on any atom is -0.481 e. The largest absolute Gasteiger partial charge is 0.481 e. The number of carbonyl (C=O) groups is 6. The van der Waals surface area contributed by atoms with Crippen molar-refractivity contribution in [1.82, 2.24) is 16.0 Å². The smallest absolute Gasteiger partial charge is 0.326 e. The van der Waals surface area contributed by atoms with E-state index in [-0.39, 0.29) is 12.8 Å². The van der Waals surface area contributed by atoms with Crippen molar-refractivity contribution in [2.75, 3.05) is 6.54 Å². The molecule has 9 N–H and O–H groups in total. The zero-order chi connectivity index (χ0) is 21.1. The van der Waals surface area contributed by atoms with Gasteiger partial charge >= 0.3 is 11.9 Å². The van der Waals surface area contributed by atoms with E-state index in [1.54, 1.807) is 0 Å². The predicted octanol–water partition coefficient (Wildman–Crippen LogP) is -3.76. The maximum atomic E-state index is 12.1. The van der Waals surface area contributed by atoms with Crippen LogP contribution < -0.4 is 27.4 Å². The standard InChI is InChI=1S/C14H23N5O8/c1-6(12(24)19-7(14(26)27)2-3-9(16)20)17-13(25)8(4-11(22)23)18-10(21)5-15/h6-8H,2-5,15H2,1H3,(H2,16,20)(H,17,25)(H,18,21)(H,19,24)(H,22,23)(H,26,27). The molecular weight excluding hydrogens is 366 g/mol. The van der Waals surface area contributed by atoms with E-state index in [1.807, 2.05) is 0 Å². The molecule has 0 aliphatic heterocycles. The minimum absolute atomic E-state index is 0.245. The van der Waals surface area contributed by atoms with Crippen LogP contribution in [0.15, 0.2) is 0 Å². The van der Waals surface area contributed by atoms with Crippen LogP contribution in [0.25, 0.3) is 0 Å². The molecule has 0 bridgehead atoms. The molecule has 0 aliphatic rings. The van der Waals surface area contributed by atoms with Crippen molar-refractivity contribution >= 4 is 35.6 Å². The molecule has 0 aromatic heterocycles. The quantitative estimate of drug-likeness (QED) is 0.173. The molecule has 0 aromatic carbocycles. The van der Waals surface area contributed by atoms with Crippen LogP contribution in [0.5, 0.6) is 0 Å². The van der Waals surface area contributed by atoms with Gasteiger partial charge in [-0.25, -0.2) is 4.79 Å².